The van der Waals surface area contributed by atoms with E-state index in [1.807, 2.05) is 47.0 Å². The molecular weight excluding hydrogens is 271 g/mol. The number of hydrogen-bond donors (Lipinski definition) is 0. The summed E-state index contributed by atoms with van der Waals surface area (Å²) in [6.45, 7) is 12.2. The van der Waals surface area contributed by atoms with E-state index in [0.29, 0.717) is 26.2 Å². The summed E-state index contributed by atoms with van der Waals surface area (Å²) in [5, 5.41) is 0. The van der Waals surface area contributed by atoms with E-state index in [-0.39, 0.29) is 0 Å². The Bertz CT molecular complexity index is 304. The SMILES string of the molecule is CCN(CC)C(N(CC)CC)S(=O)(=O)C(C)OP. The van der Waals surface area contributed by atoms with Gasteiger partial charge in [-0.3, -0.25) is 9.80 Å². The van der Waals surface area contributed by atoms with Gasteiger partial charge >= 0.3 is 0 Å². The van der Waals surface area contributed by atoms with Gasteiger partial charge in [0.15, 0.2) is 10.9 Å². The van der Waals surface area contributed by atoms with Crippen LogP contribution in [0.3, 0.4) is 0 Å². The first-order chi connectivity index (χ1) is 8.40. The van der Waals surface area contributed by atoms with Gasteiger partial charge < -0.3 is 4.52 Å². The third-order valence-electron chi connectivity index (χ3n) is 3.20. The summed E-state index contributed by atoms with van der Waals surface area (Å²) in [5.41, 5.74) is -1.44. The van der Waals surface area contributed by atoms with Crippen LogP contribution in [0.1, 0.15) is 34.6 Å². The molecular formula is C11H27N2O3PS. The van der Waals surface area contributed by atoms with Crippen molar-refractivity contribution in [2.75, 3.05) is 26.2 Å². The van der Waals surface area contributed by atoms with E-state index in [1.54, 1.807) is 6.92 Å². The standard InChI is InChI=1S/C11H27N2O3PS/c1-6-12(7-2)11(13(8-3)9-4)18(14,15)10(5)16-17/h10-11H,6-9,17H2,1-5H3. The van der Waals surface area contributed by atoms with Crippen molar-refractivity contribution in [3.05, 3.63) is 0 Å². The Morgan fingerprint density at radius 2 is 1.33 bits per heavy atom. The molecule has 110 valence electrons. The van der Waals surface area contributed by atoms with E-state index in [4.69, 9.17) is 4.52 Å². The Labute approximate surface area is 114 Å². The number of rotatable bonds is 9. The second-order valence-corrected chi connectivity index (χ2v) is 6.60. The van der Waals surface area contributed by atoms with E-state index < -0.39 is 20.8 Å². The van der Waals surface area contributed by atoms with E-state index in [1.165, 1.54) is 0 Å². The lowest BCUT2D eigenvalue weighted by molar-refractivity contribution is 0.111. The van der Waals surface area contributed by atoms with Crippen LogP contribution >= 0.6 is 9.47 Å². The highest BCUT2D eigenvalue weighted by Crippen LogP contribution is 2.20. The summed E-state index contributed by atoms with van der Waals surface area (Å²) in [5.74, 6) is 0. The summed E-state index contributed by atoms with van der Waals surface area (Å²) in [6.07, 6.45) is 0. The van der Waals surface area contributed by atoms with Crippen molar-refractivity contribution in [1.82, 2.24) is 9.80 Å². The second kappa shape index (κ2) is 8.43. The zero-order valence-corrected chi connectivity index (χ0v) is 14.1. The predicted octanol–water partition coefficient (Wildman–Crippen LogP) is 1.52. The van der Waals surface area contributed by atoms with Crippen molar-refractivity contribution in [2.24, 2.45) is 0 Å². The van der Waals surface area contributed by atoms with Gasteiger partial charge in [-0.25, -0.2) is 8.42 Å². The van der Waals surface area contributed by atoms with Crippen molar-refractivity contribution in [2.45, 2.75) is 45.6 Å². The lowest BCUT2D eigenvalue weighted by atomic mass is 10.5. The van der Waals surface area contributed by atoms with Crippen LogP contribution in [0.25, 0.3) is 0 Å². The molecule has 7 heteroatoms. The highest BCUT2D eigenvalue weighted by Gasteiger charge is 2.38. The smallest absolute Gasteiger partial charge is 0.207 e. The van der Waals surface area contributed by atoms with E-state index in [2.05, 4.69) is 0 Å². The molecule has 0 saturated carbocycles. The first-order valence-electron chi connectivity index (χ1n) is 6.46. The van der Waals surface area contributed by atoms with Crippen molar-refractivity contribution in [3.63, 3.8) is 0 Å². The van der Waals surface area contributed by atoms with Crippen LogP contribution in [0.2, 0.25) is 0 Å². The quantitative estimate of drug-likeness (QED) is 0.477. The van der Waals surface area contributed by atoms with Crippen molar-refractivity contribution in [1.29, 1.82) is 0 Å². The second-order valence-electron chi connectivity index (χ2n) is 4.06. The molecule has 0 aliphatic carbocycles. The normalized spacial score (nSPS) is 14.7. The van der Waals surface area contributed by atoms with Gasteiger partial charge in [-0.15, -0.1) is 0 Å². The molecule has 2 unspecified atom stereocenters. The van der Waals surface area contributed by atoms with E-state index >= 15 is 0 Å². The van der Waals surface area contributed by atoms with Crippen LogP contribution in [-0.4, -0.2) is 55.3 Å². The Kier molecular flexibility index (Phi) is 8.56. The minimum absolute atomic E-state index is 0.613. The molecule has 0 N–H and O–H groups in total. The lowest BCUT2D eigenvalue weighted by Crippen LogP contribution is -2.55. The Morgan fingerprint density at radius 1 is 1.00 bits per heavy atom. The van der Waals surface area contributed by atoms with Crippen molar-refractivity contribution >= 4 is 19.3 Å². The van der Waals surface area contributed by atoms with Crippen LogP contribution < -0.4 is 0 Å². The van der Waals surface area contributed by atoms with Gasteiger partial charge in [-0.2, -0.15) is 0 Å². The van der Waals surface area contributed by atoms with Crippen LogP contribution in [0.4, 0.5) is 0 Å². The molecule has 0 saturated heterocycles. The molecule has 0 heterocycles. The maximum absolute atomic E-state index is 12.6. The Hall–Kier alpha value is 0.260. The van der Waals surface area contributed by atoms with Crippen LogP contribution in [0.15, 0.2) is 0 Å². The van der Waals surface area contributed by atoms with Gasteiger partial charge in [-0.05, 0) is 33.1 Å². The van der Waals surface area contributed by atoms with Gasteiger partial charge in [0, 0.05) is 9.47 Å². The fourth-order valence-electron chi connectivity index (χ4n) is 1.97. The molecule has 0 amide bonds. The van der Waals surface area contributed by atoms with Gasteiger partial charge in [-0.1, -0.05) is 27.7 Å². The van der Waals surface area contributed by atoms with Gasteiger partial charge in [0.25, 0.3) is 0 Å². The average molecular weight is 298 g/mol. The molecule has 0 aromatic heterocycles. The first kappa shape index (κ1) is 18.3. The predicted molar refractivity (Wildman–Crippen MR) is 78.8 cm³/mol. The number of hydrogen-bond acceptors (Lipinski definition) is 5. The summed E-state index contributed by atoms with van der Waals surface area (Å²) < 4.78 is 30.1. The zero-order valence-electron chi connectivity index (χ0n) is 12.1. The maximum Gasteiger partial charge on any atom is 0.207 e. The Morgan fingerprint density at radius 3 is 1.56 bits per heavy atom. The molecule has 0 fully saturated rings. The molecule has 0 aliphatic rings. The minimum Gasteiger partial charge on any atom is -0.347 e. The molecule has 0 aromatic rings. The Balaban J connectivity index is 5.45. The van der Waals surface area contributed by atoms with Gasteiger partial charge in [0.1, 0.15) is 0 Å². The summed E-state index contributed by atoms with van der Waals surface area (Å²) in [4.78, 5) is 3.89. The largest absolute Gasteiger partial charge is 0.347 e. The molecule has 0 spiro atoms. The summed E-state index contributed by atoms with van der Waals surface area (Å²) in [7, 11) is -1.35. The first-order valence-corrected chi connectivity index (χ1v) is 8.54. The van der Waals surface area contributed by atoms with Gasteiger partial charge in [0.05, 0.1) is 0 Å². The van der Waals surface area contributed by atoms with E-state index in [9.17, 15) is 8.42 Å². The minimum atomic E-state index is -3.39. The van der Waals surface area contributed by atoms with E-state index in [0.717, 1.165) is 0 Å². The van der Waals surface area contributed by atoms with Crippen molar-refractivity contribution in [3.8, 4) is 0 Å². The summed E-state index contributed by atoms with van der Waals surface area (Å²) in [6, 6.07) is 0. The maximum atomic E-state index is 12.6. The molecule has 5 nitrogen and oxygen atoms in total. The van der Waals surface area contributed by atoms with Crippen LogP contribution in [0.5, 0.6) is 0 Å². The third kappa shape index (κ3) is 4.14. The monoisotopic (exact) mass is 298 g/mol. The zero-order chi connectivity index (χ0) is 14.3. The highest BCUT2D eigenvalue weighted by atomic mass is 32.2. The van der Waals surface area contributed by atoms with Crippen LogP contribution in [-0.2, 0) is 14.4 Å². The van der Waals surface area contributed by atoms with Crippen molar-refractivity contribution < 1.29 is 12.9 Å². The molecule has 0 radical (unpaired) electrons. The number of sulfone groups is 1. The molecule has 0 bridgehead atoms. The molecule has 0 aromatic carbocycles. The fourth-order valence-corrected chi connectivity index (χ4v) is 4.36. The topological polar surface area (TPSA) is 49.9 Å². The molecule has 0 aliphatic heterocycles. The molecule has 0 rings (SSSR count). The third-order valence-corrected chi connectivity index (χ3v) is 6.02. The highest BCUT2D eigenvalue weighted by molar-refractivity contribution is 7.92. The molecule has 18 heavy (non-hydrogen) atoms. The van der Waals surface area contributed by atoms with Crippen LogP contribution in [0, 0.1) is 0 Å². The lowest BCUT2D eigenvalue weighted by Gasteiger charge is -2.38. The summed E-state index contributed by atoms with van der Waals surface area (Å²) >= 11 is 0. The van der Waals surface area contributed by atoms with Gasteiger partial charge in [0.2, 0.25) is 9.84 Å². The number of nitrogens with zero attached hydrogens (tertiary/aromatic N) is 2. The molecule has 2 atom stereocenters. The fraction of sp³-hybridized carbons (Fsp3) is 1.00. The average Bonchev–Trinajstić information content (AvgIpc) is 2.38.